The second-order valence-electron chi connectivity index (χ2n) is 7.75. The minimum atomic E-state index is -4.40. The Labute approximate surface area is 196 Å². The lowest BCUT2D eigenvalue weighted by Gasteiger charge is -2.24. The fraction of sp³-hybridized carbons (Fsp3) is 0.320. The Morgan fingerprint density at radius 1 is 1.06 bits per heavy atom. The van der Waals surface area contributed by atoms with E-state index < -0.39 is 11.7 Å². The van der Waals surface area contributed by atoms with Crippen LogP contribution in [0.1, 0.15) is 23.2 Å². The molecule has 3 aromatic rings. The van der Waals surface area contributed by atoms with Gasteiger partial charge in [0.05, 0.1) is 19.2 Å². The van der Waals surface area contributed by atoms with Crippen LogP contribution >= 0.6 is 0 Å². The number of methoxy groups -OCH3 is 2. The van der Waals surface area contributed by atoms with Gasteiger partial charge in [-0.3, -0.25) is 0 Å². The number of carbonyl (C=O) groups excluding carboxylic acids is 1. The van der Waals surface area contributed by atoms with Crippen molar-refractivity contribution < 1.29 is 27.4 Å². The molecule has 0 bridgehead atoms. The van der Waals surface area contributed by atoms with Crippen molar-refractivity contribution in [1.82, 2.24) is 9.47 Å². The van der Waals surface area contributed by atoms with Gasteiger partial charge in [-0.25, -0.2) is 4.79 Å². The first kappa shape index (κ1) is 25.2. The Hall–Kier alpha value is -3.46. The molecule has 1 aromatic heterocycles. The number of amides is 2. The molecule has 34 heavy (non-hydrogen) atoms. The minimum Gasteiger partial charge on any atom is -0.497 e. The summed E-state index contributed by atoms with van der Waals surface area (Å²) in [4.78, 5) is 14.7. The smallest absolute Gasteiger partial charge is 0.416 e. The lowest BCUT2D eigenvalue weighted by molar-refractivity contribution is -0.137. The highest BCUT2D eigenvalue weighted by molar-refractivity contribution is 5.89. The van der Waals surface area contributed by atoms with Gasteiger partial charge in [-0.2, -0.15) is 13.2 Å². The molecule has 0 atom stereocenters. The monoisotopic (exact) mass is 475 g/mol. The maximum Gasteiger partial charge on any atom is 0.416 e. The lowest BCUT2D eigenvalue weighted by Crippen LogP contribution is -2.36. The summed E-state index contributed by atoms with van der Waals surface area (Å²) in [6, 6.07) is 15.7. The van der Waals surface area contributed by atoms with Crippen molar-refractivity contribution in [3.05, 3.63) is 83.7 Å². The lowest BCUT2D eigenvalue weighted by atomic mass is 10.1. The van der Waals surface area contributed by atoms with Gasteiger partial charge in [0.15, 0.2) is 0 Å². The molecule has 0 aliphatic heterocycles. The van der Waals surface area contributed by atoms with E-state index in [0.29, 0.717) is 36.6 Å². The molecule has 0 saturated heterocycles. The Kier molecular flexibility index (Phi) is 8.59. The molecule has 0 unspecified atom stereocenters. The van der Waals surface area contributed by atoms with Crippen LogP contribution in [-0.4, -0.2) is 42.9 Å². The van der Waals surface area contributed by atoms with Crippen molar-refractivity contribution >= 4 is 11.7 Å². The van der Waals surface area contributed by atoms with Crippen LogP contribution in [0.2, 0.25) is 0 Å². The highest BCUT2D eigenvalue weighted by Gasteiger charge is 2.30. The highest BCUT2D eigenvalue weighted by Crippen LogP contribution is 2.29. The van der Waals surface area contributed by atoms with E-state index in [1.807, 2.05) is 16.7 Å². The van der Waals surface area contributed by atoms with E-state index in [2.05, 4.69) is 5.32 Å². The predicted octanol–water partition coefficient (Wildman–Crippen LogP) is 5.63. The average Bonchev–Trinajstić information content (AvgIpc) is 3.25. The van der Waals surface area contributed by atoms with Crippen LogP contribution in [0.3, 0.4) is 0 Å². The first-order valence-electron chi connectivity index (χ1n) is 10.8. The molecule has 2 aromatic carbocycles. The molecule has 0 fully saturated rings. The third-order valence-corrected chi connectivity index (χ3v) is 5.29. The summed E-state index contributed by atoms with van der Waals surface area (Å²) in [6.45, 7) is 1.50. The number of aromatic nitrogens is 1. The minimum absolute atomic E-state index is 0.262. The van der Waals surface area contributed by atoms with Gasteiger partial charge in [0.2, 0.25) is 0 Å². The van der Waals surface area contributed by atoms with Crippen molar-refractivity contribution in [3.63, 3.8) is 0 Å². The Balaban J connectivity index is 1.74. The number of anilines is 1. The molecule has 0 spiro atoms. The second kappa shape index (κ2) is 11.6. The maximum absolute atomic E-state index is 13.1. The molecule has 0 radical (unpaired) electrons. The Morgan fingerprint density at radius 3 is 2.50 bits per heavy atom. The predicted molar refractivity (Wildman–Crippen MR) is 124 cm³/mol. The van der Waals surface area contributed by atoms with Gasteiger partial charge in [-0.05, 0) is 60.5 Å². The number of hydrogen-bond donors (Lipinski definition) is 1. The number of ether oxygens (including phenoxy) is 2. The van der Waals surface area contributed by atoms with Crippen LogP contribution in [0.5, 0.6) is 5.75 Å². The Morgan fingerprint density at radius 2 is 1.82 bits per heavy atom. The van der Waals surface area contributed by atoms with Gasteiger partial charge in [-0.1, -0.05) is 12.1 Å². The quantitative estimate of drug-likeness (QED) is 0.387. The van der Waals surface area contributed by atoms with Gasteiger partial charge in [0.1, 0.15) is 5.75 Å². The largest absolute Gasteiger partial charge is 0.497 e. The molecule has 3 rings (SSSR count). The first-order chi connectivity index (χ1) is 16.3. The van der Waals surface area contributed by atoms with E-state index in [9.17, 15) is 18.0 Å². The SMILES string of the molecule is COCCCN(Cc1cccn1Cc1cccc(C(F)(F)F)c1)C(=O)Nc1ccc(OC)cc1. The van der Waals surface area contributed by atoms with E-state index in [4.69, 9.17) is 9.47 Å². The first-order valence-corrected chi connectivity index (χ1v) is 10.8. The van der Waals surface area contributed by atoms with Gasteiger partial charge in [0, 0.05) is 44.4 Å². The molecule has 0 aliphatic rings. The molecule has 0 aliphatic carbocycles. The van der Waals surface area contributed by atoms with Crippen LogP contribution in [-0.2, 0) is 24.0 Å². The van der Waals surface area contributed by atoms with Gasteiger partial charge in [-0.15, -0.1) is 0 Å². The van der Waals surface area contributed by atoms with Crippen LogP contribution < -0.4 is 10.1 Å². The van der Waals surface area contributed by atoms with Crippen LogP contribution in [0.4, 0.5) is 23.7 Å². The standard InChI is InChI=1S/C25H28F3N3O3/c1-33-15-5-14-31(24(32)29-21-9-11-23(34-2)12-10-21)18-22-8-4-13-30(22)17-19-6-3-7-20(16-19)25(26,27)28/h3-4,6-13,16H,5,14-15,17-18H2,1-2H3,(H,29,32). The molecule has 0 saturated carbocycles. The summed E-state index contributed by atoms with van der Waals surface area (Å²) >= 11 is 0. The van der Waals surface area contributed by atoms with Gasteiger partial charge < -0.3 is 24.3 Å². The molecular weight excluding hydrogens is 447 g/mol. The topological polar surface area (TPSA) is 55.7 Å². The molecule has 1 N–H and O–H groups in total. The number of nitrogens with one attached hydrogen (secondary N) is 1. The van der Waals surface area contributed by atoms with Crippen molar-refractivity contribution in [2.45, 2.75) is 25.7 Å². The number of halogens is 3. The van der Waals surface area contributed by atoms with Gasteiger partial charge >= 0.3 is 12.2 Å². The zero-order valence-electron chi connectivity index (χ0n) is 19.1. The molecule has 9 heteroatoms. The van der Waals surface area contributed by atoms with Crippen LogP contribution in [0.25, 0.3) is 0 Å². The van der Waals surface area contributed by atoms with E-state index in [0.717, 1.165) is 17.8 Å². The van der Waals surface area contributed by atoms with E-state index in [-0.39, 0.29) is 19.1 Å². The third-order valence-electron chi connectivity index (χ3n) is 5.29. The van der Waals surface area contributed by atoms with E-state index in [1.165, 1.54) is 6.07 Å². The molecule has 1 heterocycles. The summed E-state index contributed by atoms with van der Waals surface area (Å²) in [5, 5.41) is 2.88. The average molecular weight is 476 g/mol. The maximum atomic E-state index is 13.1. The number of rotatable bonds is 10. The normalized spacial score (nSPS) is 11.3. The summed E-state index contributed by atoms with van der Waals surface area (Å²) in [5.74, 6) is 0.683. The molecular formula is C25H28F3N3O3. The molecule has 2 amide bonds. The number of hydrogen-bond acceptors (Lipinski definition) is 3. The number of alkyl halides is 3. The van der Waals surface area contributed by atoms with Crippen molar-refractivity contribution in [1.29, 1.82) is 0 Å². The summed E-state index contributed by atoms with van der Waals surface area (Å²) in [6.07, 6.45) is -1.96. The number of benzene rings is 2. The summed E-state index contributed by atoms with van der Waals surface area (Å²) < 4.78 is 51.4. The Bertz CT molecular complexity index is 1070. The molecule has 6 nitrogen and oxygen atoms in total. The summed E-state index contributed by atoms with van der Waals surface area (Å²) in [5.41, 5.74) is 1.28. The van der Waals surface area contributed by atoms with Crippen LogP contribution in [0.15, 0.2) is 66.9 Å². The van der Waals surface area contributed by atoms with Crippen molar-refractivity contribution in [3.8, 4) is 5.75 Å². The highest BCUT2D eigenvalue weighted by atomic mass is 19.4. The third kappa shape index (κ3) is 7.02. The fourth-order valence-corrected chi connectivity index (χ4v) is 3.51. The zero-order valence-corrected chi connectivity index (χ0v) is 19.1. The van der Waals surface area contributed by atoms with E-state index in [1.54, 1.807) is 55.6 Å². The summed E-state index contributed by atoms with van der Waals surface area (Å²) in [7, 11) is 3.17. The van der Waals surface area contributed by atoms with Crippen molar-refractivity contribution in [2.24, 2.45) is 0 Å². The van der Waals surface area contributed by atoms with Crippen molar-refractivity contribution in [2.75, 3.05) is 32.7 Å². The molecule has 182 valence electrons. The van der Waals surface area contributed by atoms with Gasteiger partial charge in [0.25, 0.3) is 0 Å². The second-order valence-corrected chi connectivity index (χ2v) is 7.75. The fourth-order valence-electron chi connectivity index (χ4n) is 3.51. The number of urea groups is 1. The van der Waals surface area contributed by atoms with E-state index >= 15 is 0 Å². The zero-order chi connectivity index (χ0) is 24.6. The number of carbonyl (C=O) groups is 1. The number of nitrogens with zero attached hydrogens (tertiary/aromatic N) is 2. The van der Waals surface area contributed by atoms with Crippen LogP contribution in [0, 0.1) is 0 Å².